The van der Waals surface area contributed by atoms with Gasteiger partial charge in [-0.2, -0.15) is 0 Å². The van der Waals surface area contributed by atoms with Crippen molar-refractivity contribution in [2.24, 2.45) is 0 Å². The van der Waals surface area contributed by atoms with E-state index in [1.807, 2.05) is 88.7 Å². The standard InChI is InChI=1S/C33H29ClN4O2/c34-26-10-8-24(9-11-26)29-21-33(29)28-6-1-2-7-30(28)38(32(33)40)22-23-4-3-5-25(20-23)31(39)37-18-16-36(17-19-37)27-12-14-35-15-13-27/h1-15,20,29H,16-19,21-22H2. The second kappa shape index (κ2) is 9.79. The van der Waals surface area contributed by atoms with Gasteiger partial charge in [0.25, 0.3) is 5.91 Å². The van der Waals surface area contributed by atoms with Crippen LogP contribution in [0.5, 0.6) is 0 Å². The number of halogens is 1. The molecule has 0 N–H and O–H groups in total. The molecule has 7 rings (SSSR count). The summed E-state index contributed by atoms with van der Waals surface area (Å²) in [7, 11) is 0. The Balaban J connectivity index is 1.08. The van der Waals surface area contributed by atoms with Crippen molar-refractivity contribution in [2.75, 3.05) is 36.0 Å². The van der Waals surface area contributed by atoms with Gasteiger partial charge in [0.15, 0.2) is 0 Å². The van der Waals surface area contributed by atoms with Crippen molar-refractivity contribution >= 4 is 34.8 Å². The molecule has 1 saturated carbocycles. The fraction of sp³-hybridized carbons (Fsp3) is 0.242. The Morgan fingerprint density at radius 1 is 0.900 bits per heavy atom. The van der Waals surface area contributed by atoms with Crippen LogP contribution in [0.15, 0.2) is 97.3 Å². The van der Waals surface area contributed by atoms with Crippen molar-refractivity contribution in [1.29, 1.82) is 0 Å². The van der Waals surface area contributed by atoms with E-state index >= 15 is 0 Å². The molecule has 2 aliphatic heterocycles. The third-order valence-electron chi connectivity index (χ3n) is 8.64. The van der Waals surface area contributed by atoms with E-state index in [1.54, 1.807) is 12.4 Å². The molecule has 0 bridgehead atoms. The van der Waals surface area contributed by atoms with Gasteiger partial charge in [-0.1, -0.05) is 54.1 Å². The molecule has 1 spiro atoms. The number of amides is 2. The van der Waals surface area contributed by atoms with Crippen molar-refractivity contribution in [2.45, 2.75) is 24.3 Å². The highest BCUT2D eigenvalue weighted by Crippen LogP contribution is 2.66. The van der Waals surface area contributed by atoms with Gasteiger partial charge in [0.2, 0.25) is 5.91 Å². The van der Waals surface area contributed by atoms with Crippen LogP contribution in [0.1, 0.15) is 39.4 Å². The van der Waals surface area contributed by atoms with Crippen molar-refractivity contribution in [3.63, 3.8) is 0 Å². The van der Waals surface area contributed by atoms with E-state index < -0.39 is 5.41 Å². The number of hydrogen-bond acceptors (Lipinski definition) is 4. The third-order valence-corrected chi connectivity index (χ3v) is 8.90. The maximum absolute atomic E-state index is 14.0. The Hall–Kier alpha value is -4.16. The number of anilines is 2. The van der Waals surface area contributed by atoms with E-state index in [0.717, 1.165) is 47.6 Å². The smallest absolute Gasteiger partial charge is 0.253 e. The molecule has 7 heteroatoms. The van der Waals surface area contributed by atoms with Crippen molar-refractivity contribution in [1.82, 2.24) is 9.88 Å². The van der Waals surface area contributed by atoms with Crippen LogP contribution in [0.4, 0.5) is 11.4 Å². The normalized spacial score (nSPS) is 21.6. The van der Waals surface area contributed by atoms with E-state index in [1.165, 1.54) is 0 Å². The molecule has 6 nitrogen and oxygen atoms in total. The first-order valence-corrected chi connectivity index (χ1v) is 14.1. The van der Waals surface area contributed by atoms with Crippen LogP contribution in [-0.2, 0) is 16.8 Å². The first-order chi connectivity index (χ1) is 19.5. The molecular weight excluding hydrogens is 520 g/mol. The Kier molecular flexibility index (Phi) is 6.08. The number of hydrogen-bond donors (Lipinski definition) is 0. The molecule has 2 unspecified atom stereocenters. The molecule has 3 aliphatic rings. The summed E-state index contributed by atoms with van der Waals surface area (Å²) in [5.41, 5.74) is 5.43. The molecule has 0 radical (unpaired) electrons. The molecule has 1 aliphatic carbocycles. The minimum absolute atomic E-state index is 0.0332. The van der Waals surface area contributed by atoms with E-state index in [0.29, 0.717) is 30.2 Å². The minimum Gasteiger partial charge on any atom is -0.368 e. The van der Waals surface area contributed by atoms with Gasteiger partial charge in [-0.3, -0.25) is 14.6 Å². The molecule has 3 aromatic carbocycles. The van der Waals surface area contributed by atoms with E-state index in [2.05, 4.69) is 16.0 Å². The van der Waals surface area contributed by atoms with E-state index in [4.69, 9.17) is 11.6 Å². The summed E-state index contributed by atoms with van der Waals surface area (Å²) >= 11 is 6.12. The van der Waals surface area contributed by atoms with Gasteiger partial charge in [0.1, 0.15) is 0 Å². The number of rotatable bonds is 5. The minimum atomic E-state index is -0.521. The van der Waals surface area contributed by atoms with Crippen molar-refractivity contribution in [3.8, 4) is 0 Å². The summed E-state index contributed by atoms with van der Waals surface area (Å²) in [6, 6.07) is 27.7. The predicted molar refractivity (Wildman–Crippen MR) is 157 cm³/mol. The monoisotopic (exact) mass is 548 g/mol. The highest BCUT2D eigenvalue weighted by atomic mass is 35.5. The van der Waals surface area contributed by atoms with Crippen molar-refractivity contribution < 1.29 is 9.59 Å². The number of fused-ring (bicyclic) bond motifs is 2. The third kappa shape index (κ3) is 4.14. The van der Waals surface area contributed by atoms with Crippen LogP contribution in [0.25, 0.3) is 0 Å². The van der Waals surface area contributed by atoms with Crippen LogP contribution in [0.3, 0.4) is 0 Å². The van der Waals surface area contributed by atoms with Gasteiger partial charge >= 0.3 is 0 Å². The topological polar surface area (TPSA) is 56.8 Å². The summed E-state index contributed by atoms with van der Waals surface area (Å²) in [6.45, 7) is 3.33. The lowest BCUT2D eigenvalue weighted by Crippen LogP contribution is -2.48. The highest BCUT2D eigenvalue weighted by Gasteiger charge is 2.67. The summed E-state index contributed by atoms with van der Waals surface area (Å²) < 4.78 is 0. The largest absolute Gasteiger partial charge is 0.368 e. The average molecular weight is 549 g/mol. The number of para-hydroxylation sites is 1. The van der Waals surface area contributed by atoms with Gasteiger partial charge in [-0.05, 0) is 65.6 Å². The number of carbonyl (C=O) groups is 2. The fourth-order valence-corrected chi connectivity index (χ4v) is 6.62. The van der Waals surface area contributed by atoms with Crippen LogP contribution < -0.4 is 9.80 Å². The maximum Gasteiger partial charge on any atom is 0.253 e. The lowest BCUT2D eigenvalue weighted by molar-refractivity contribution is -0.120. The van der Waals surface area contributed by atoms with Crippen LogP contribution in [0.2, 0.25) is 5.02 Å². The van der Waals surface area contributed by atoms with Crippen LogP contribution in [-0.4, -0.2) is 47.9 Å². The zero-order chi connectivity index (χ0) is 27.3. The summed E-state index contributed by atoms with van der Waals surface area (Å²) in [6.07, 6.45) is 4.39. The number of pyridine rings is 1. The number of carbonyl (C=O) groups excluding carboxylic acids is 2. The number of benzene rings is 3. The number of piperazine rings is 1. The second-order valence-corrected chi connectivity index (χ2v) is 11.3. The van der Waals surface area contributed by atoms with Gasteiger partial charge in [-0.25, -0.2) is 0 Å². The quantitative estimate of drug-likeness (QED) is 0.322. The predicted octanol–water partition coefficient (Wildman–Crippen LogP) is 5.67. The number of nitrogens with zero attached hydrogens (tertiary/aromatic N) is 4. The Labute approximate surface area is 238 Å². The zero-order valence-electron chi connectivity index (χ0n) is 22.0. The summed E-state index contributed by atoms with van der Waals surface area (Å²) in [5.74, 6) is 0.311. The average Bonchev–Trinajstić information content (AvgIpc) is 3.72. The summed E-state index contributed by atoms with van der Waals surface area (Å²) in [5, 5.41) is 0.697. The van der Waals surface area contributed by atoms with Crippen LogP contribution >= 0.6 is 11.6 Å². The Morgan fingerprint density at radius 3 is 2.42 bits per heavy atom. The molecule has 2 atom stereocenters. The zero-order valence-corrected chi connectivity index (χ0v) is 22.8. The molecule has 1 saturated heterocycles. The molecular formula is C33H29ClN4O2. The van der Waals surface area contributed by atoms with Crippen molar-refractivity contribution in [3.05, 3.63) is 125 Å². The van der Waals surface area contributed by atoms with Gasteiger partial charge in [0.05, 0.1) is 12.0 Å². The molecule has 2 fully saturated rings. The van der Waals surface area contributed by atoms with E-state index in [9.17, 15) is 9.59 Å². The Bertz CT molecular complexity index is 1580. The van der Waals surface area contributed by atoms with E-state index in [-0.39, 0.29) is 17.7 Å². The maximum atomic E-state index is 14.0. The van der Waals surface area contributed by atoms with Gasteiger partial charge in [-0.15, -0.1) is 0 Å². The Morgan fingerprint density at radius 2 is 1.65 bits per heavy atom. The molecule has 200 valence electrons. The van der Waals surface area contributed by atoms with Gasteiger partial charge < -0.3 is 14.7 Å². The molecule has 2 amide bonds. The molecule has 3 heterocycles. The molecule has 1 aromatic heterocycles. The highest BCUT2D eigenvalue weighted by molar-refractivity contribution is 6.30. The summed E-state index contributed by atoms with van der Waals surface area (Å²) in [4.78, 5) is 37.7. The lowest BCUT2D eigenvalue weighted by Gasteiger charge is -2.36. The SMILES string of the molecule is O=C(c1cccc(CN2C(=O)C3(CC3c3ccc(Cl)cc3)c3ccccc32)c1)N1CCN(c2ccncc2)CC1. The first kappa shape index (κ1) is 24.9. The fourth-order valence-electron chi connectivity index (χ4n) is 6.49. The van der Waals surface area contributed by atoms with Gasteiger partial charge in [0, 0.05) is 66.5 Å². The number of aromatic nitrogens is 1. The second-order valence-electron chi connectivity index (χ2n) is 10.9. The molecule has 4 aromatic rings. The lowest BCUT2D eigenvalue weighted by atomic mass is 9.92. The van der Waals surface area contributed by atoms with Crippen LogP contribution in [0, 0.1) is 0 Å². The first-order valence-electron chi connectivity index (χ1n) is 13.7. The molecule has 40 heavy (non-hydrogen) atoms.